The average Bonchev–Trinajstić information content (AvgIpc) is 2.37. The molecule has 0 unspecified atom stereocenters. The number of amides is 1. The minimum Gasteiger partial charge on any atom is -0.480 e. The number of hydrogen-bond acceptors (Lipinski definition) is 3. The maximum Gasteiger partial charge on any atom is 0.259 e. The molecule has 0 spiro atoms. The number of aromatic nitrogens is 1. The predicted octanol–water partition coefficient (Wildman–Crippen LogP) is 2.35. The Morgan fingerprint density at radius 3 is 2.53 bits per heavy atom. The van der Waals surface area contributed by atoms with Crippen LogP contribution < -0.4 is 4.74 Å². The molecule has 0 fully saturated rings. The zero-order valence-corrected chi connectivity index (χ0v) is 10.8. The molecule has 1 aromatic rings. The first-order valence-corrected chi connectivity index (χ1v) is 6.02. The number of carbonyl (C=O) groups excluding carboxylic acids is 1. The molecule has 0 atom stereocenters. The molecule has 0 aliphatic rings. The summed E-state index contributed by atoms with van der Waals surface area (Å²) < 4.78 is 5.11. The Morgan fingerprint density at radius 1 is 1.35 bits per heavy atom. The van der Waals surface area contributed by atoms with Crippen LogP contribution in [0.5, 0.6) is 5.88 Å². The molecule has 4 nitrogen and oxygen atoms in total. The van der Waals surface area contributed by atoms with E-state index in [9.17, 15) is 4.79 Å². The van der Waals surface area contributed by atoms with Crippen molar-refractivity contribution in [2.45, 2.75) is 26.7 Å². The van der Waals surface area contributed by atoms with Crippen LogP contribution in [0.4, 0.5) is 0 Å². The van der Waals surface area contributed by atoms with Crippen molar-refractivity contribution < 1.29 is 9.53 Å². The van der Waals surface area contributed by atoms with Gasteiger partial charge in [-0.2, -0.15) is 0 Å². The van der Waals surface area contributed by atoms with Gasteiger partial charge in [-0.1, -0.05) is 13.8 Å². The Morgan fingerprint density at radius 2 is 2.00 bits per heavy atom. The molecule has 1 amide bonds. The molecule has 0 aromatic carbocycles. The smallest absolute Gasteiger partial charge is 0.259 e. The number of hydrogen-bond donors (Lipinski definition) is 0. The average molecular weight is 236 g/mol. The van der Waals surface area contributed by atoms with E-state index < -0.39 is 0 Å². The molecule has 0 aliphatic carbocycles. The molecule has 0 saturated carbocycles. The topological polar surface area (TPSA) is 42.4 Å². The van der Waals surface area contributed by atoms with Crippen LogP contribution in [-0.2, 0) is 0 Å². The lowest BCUT2D eigenvalue weighted by Gasteiger charge is -2.22. The Kier molecular flexibility index (Phi) is 5.46. The SMILES string of the molecule is CCCN(CCC)C(=O)c1cccnc1OC. The van der Waals surface area contributed by atoms with Gasteiger partial charge in [0.05, 0.1) is 7.11 Å². The summed E-state index contributed by atoms with van der Waals surface area (Å²) in [6.45, 7) is 5.67. The van der Waals surface area contributed by atoms with Gasteiger partial charge in [-0.3, -0.25) is 4.79 Å². The first kappa shape index (κ1) is 13.5. The van der Waals surface area contributed by atoms with Crippen molar-refractivity contribution >= 4 is 5.91 Å². The van der Waals surface area contributed by atoms with Gasteiger partial charge in [-0.05, 0) is 25.0 Å². The monoisotopic (exact) mass is 236 g/mol. The van der Waals surface area contributed by atoms with Crippen LogP contribution in [0.25, 0.3) is 0 Å². The van der Waals surface area contributed by atoms with Gasteiger partial charge < -0.3 is 9.64 Å². The summed E-state index contributed by atoms with van der Waals surface area (Å²) in [5.74, 6) is 0.397. The number of methoxy groups -OCH3 is 1. The van der Waals surface area contributed by atoms with Gasteiger partial charge >= 0.3 is 0 Å². The normalized spacial score (nSPS) is 10.1. The number of ether oxygens (including phenoxy) is 1. The van der Waals surface area contributed by atoms with Crippen LogP contribution in [0.15, 0.2) is 18.3 Å². The maximum atomic E-state index is 12.3. The minimum absolute atomic E-state index is 0.00125. The second kappa shape index (κ2) is 6.89. The number of rotatable bonds is 6. The van der Waals surface area contributed by atoms with Gasteiger partial charge in [0.25, 0.3) is 5.91 Å². The van der Waals surface area contributed by atoms with E-state index in [1.165, 1.54) is 7.11 Å². The zero-order valence-electron chi connectivity index (χ0n) is 10.8. The summed E-state index contributed by atoms with van der Waals surface area (Å²) >= 11 is 0. The van der Waals surface area contributed by atoms with Crippen LogP contribution in [0.1, 0.15) is 37.0 Å². The molecule has 1 heterocycles. The van der Waals surface area contributed by atoms with Gasteiger partial charge in [-0.25, -0.2) is 4.98 Å². The quantitative estimate of drug-likeness (QED) is 0.761. The highest BCUT2D eigenvalue weighted by atomic mass is 16.5. The lowest BCUT2D eigenvalue weighted by molar-refractivity contribution is 0.0751. The summed E-state index contributed by atoms with van der Waals surface area (Å²) in [5, 5.41) is 0. The Labute approximate surface area is 103 Å². The van der Waals surface area contributed by atoms with Gasteiger partial charge in [0, 0.05) is 19.3 Å². The van der Waals surface area contributed by atoms with Crippen LogP contribution in [0.2, 0.25) is 0 Å². The number of carbonyl (C=O) groups is 1. The van der Waals surface area contributed by atoms with Gasteiger partial charge in [0.15, 0.2) is 0 Å². The van der Waals surface area contributed by atoms with Crippen molar-refractivity contribution in [2.24, 2.45) is 0 Å². The Balaban J connectivity index is 2.92. The minimum atomic E-state index is -0.00125. The van der Waals surface area contributed by atoms with E-state index in [2.05, 4.69) is 18.8 Å². The molecule has 0 N–H and O–H groups in total. The number of nitrogens with zero attached hydrogens (tertiary/aromatic N) is 2. The van der Waals surface area contributed by atoms with E-state index in [1.807, 2.05) is 4.90 Å². The first-order valence-electron chi connectivity index (χ1n) is 6.02. The summed E-state index contributed by atoms with van der Waals surface area (Å²) in [4.78, 5) is 18.2. The molecule has 0 saturated heterocycles. The molecule has 4 heteroatoms. The van der Waals surface area contributed by atoms with Crippen LogP contribution in [0.3, 0.4) is 0 Å². The van der Waals surface area contributed by atoms with Crippen molar-refractivity contribution in [3.05, 3.63) is 23.9 Å². The Hall–Kier alpha value is -1.58. The summed E-state index contributed by atoms with van der Waals surface area (Å²) in [6, 6.07) is 3.51. The fourth-order valence-corrected chi connectivity index (χ4v) is 1.74. The maximum absolute atomic E-state index is 12.3. The molecule has 17 heavy (non-hydrogen) atoms. The molecule has 1 aromatic heterocycles. The first-order chi connectivity index (χ1) is 8.24. The van der Waals surface area contributed by atoms with Gasteiger partial charge in [-0.15, -0.1) is 0 Å². The molecule has 1 rings (SSSR count). The van der Waals surface area contributed by atoms with Crippen LogP contribution in [-0.4, -0.2) is 36.0 Å². The number of pyridine rings is 1. The van der Waals surface area contributed by atoms with E-state index in [-0.39, 0.29) is 5.91 Å². The fourth-order valence-electron chi connectivity index (χ4n) is 1.74. The van der Waals surface area contributed by atoms with Crippen LogP contribution in [0, 0.1) is 0 Å². The van der Waals surface area contributed by atoms with E-state index in [4.69, 9.17) is 4.74 Å². The predicted molar refractivity (Wildman–Crippen MR) is 67.3 cm³/mol. The molecule has 0 aliphatic heterocycles. The second-order valence-electron chi connectivity index (χ2n) is 3.85. The standard InChI is InChI=1S/C13H20N2O2/c1-4-9-15(10-5-2)13(16)11-7-6-8-14-12(11)17-3/h6-8H,4-5,9-10H2,1-3H3. The summed E-state index contributed by atoms with van der Waals surface area (Å²) in [6.07, 6.45) is 3.53. The largest absolute Gasteiger partial charge is 0.480 e. The highest BCUT2D eigenvalue weighted by Gasteiger charge is 2.18. The molecule has 0 radical (unpaired) electrons. The fraction of sp³-hybridized carbons (Fsp3) is 0.538. The highest BCUT2D eigenvalue weighted by Crippen LogP contribution is 2.16. The Bertz CT molecular complexity index is 360. The lowest BCUT2D eigenvalue weighted by Crippen LogP contribution is -2.32. The highest BCUT2D eigenvalue weighted by molar-refractivity contribution is 5.96. The lowest BCUT2D eigenvalue weighted by atomic mass is 10.2. The van der Waals surface area contributed by atoms with Crippen molar-refractivity contribution in [3.8, 4) is 5.88 Å². The van der Waals surface area contributed by atoms with Crippen molar-refractivity contribution in [2.75, 3.05) is 20.2 Å². The van der Waals surface area contributed by atoms with Crippen molar-refractivity contribution in [3.63, 3.8) is 0 Å². The van der Waals surface area contributed by atoms with E-state index in [0.717, 1.165) is 25.9 Å². The third kappa shape index (κ3) is 3.44. The van der Waals surface area contributed by atoms with Crippen molar-refractivity contribution in [1.82, 2.24) is 9.88 Å². The molecular formula is C13H20N2O2. The molecule has 94 valence electrons. The van der Waals surface area contributed by atoms with E-state index in [0.29, 0.717) is 11.4 Å². The summed E-state index contributed by atoms with van der Waals surface area (Å²) in [7, 11) is 1.53. The molecule has 0 bridgehead atoms. The zero-order chi connectivity index (χ0) is 12.7. The summed E-state index contributed by atoms with van der Waals surface area (Å²) in [5.41, 5.74) is 0.539. The van der Waals surface area contributed by atoms with Crippen molar-refractivity contribution in [1.29, 1.82) is 0 Å². The second-order valence-corrected chi connectivity index (χ2v) is 3.85. The van der Waals surface area contributed by atoms with E-state index in [1.54, 1.807) is 18.3 Å². The molecular weight excluding hydrogens is 216 g/mol. The van der Waals surface area contributed by atoms with Gasteiger partial charge in [0.2, 0.25) is 5.88 Å². The van der Waals surface area contributed by atoms with Gasteiger partial charge in [0.1, 0.15) is 5.56 Å². The van der Waals surface area contributed by atoms with E-state index >= 15 is 0 Å². The third-order valence-corrected chi connectivity index (χ3v) is 2.47. The third-order valence-electron chi connectivity index (χ3n) is 2.47. The van der Waals surface area contributed by atoms with Crippen LogP contribution >= 0.6 is 0 Å².